The van der Waals surface area contributed by atoms with Crippen LogP contribution < -0.4 is 0 Å². The number of aliphatic hydroxyl groups is 1. The summed E-state index contributed by atoms with van der Waals surface area (Å²) < 4.78 is 0. The highest BCUT2D eigenvalue weighted by Crippen LogP contribution is 2.21. The fraction of sp³-hybridized carbons (Fsp3) is 0.200. The Kier molecular flexibility index (Phi) is 3.37. The molecule has 78 valence electrons. The third kappa shape index (κ3) is 2.81. The predicted octanol–water partition coefficient (Wildman–Crippen LogP) is 1.63. The lowest BCUT2D eigenvalue weighted by atomic mass is 10.1. The van der Waals surface area contributed by atoms with Gasteiger partial charge in [-0.15, -0.1) is 0 Å². The van der Waals surface area contributed by atoms with Gasteiger partial charge in [0.25, 0.3) is 0 Å². The first kappa shape index (κ1) is 10.2. The summed E-state index contributed by atoms with van der Waals surface area (Å²) in [6.07, 6.45) is 0.985. The Balaban J connectivity index is 1.90. The van der Waals surface area contributed by atoms with Gasteiger partial charge in [0.15, 0.2) is 5.16 Å². The SMILES string of the molecule is O[C@H](CSc1ncn[nH]1)c1ccccc1. The minimum atomic E-state index is -0.471. The van der Waals surface area contributed by atoms with Gasteiger partial charge in [-0.2, -0.15) is 5.10 Å². The van der Waals surface area contributed by atoms with Crippen LogP contribution in [0.25, 0.3) is 0 Å². The van der Waals surface area contributed by atoms with Crippen molar-refractivity contribution in [2.24, 2.45) is 0 Å². The molecule has 1 atom stereocenters. The highest BCUT2D eigenvalue weighted by molar-refractivity contribution is 7.99. The highest BCUT2D eigenvalue weighted by Gasteiger charge is 2.08. The lowest BCUT2D eigenvalue weighted by molar-refractivity contribution is 0.204. The van der Waals surface area contributed by atoms with Crippen molar-refractivity contribution in [2.75, 3.05) is 5.75 Å². The molecular formula is C10H11N3OS. The first-order valence-electron chi connectivity index (χ1n) is 4.57. The second-order valence-electron chi connectivity index (χ2n) is 3.03. The Morgan fingerprint density at radius 3 is 2.80 bits per heavy atom. The number of rotatable bonds is 4. The molecule has 0 amide bonds. The number of nitrogens with one attached hydrogen (secondary N) is 1. The van der Waals surface area contributed by atoms with Gasteiger partial charge in [-0.05, 0) is 5.56 Å². The quantitative estimate of drug-likeness (QED) is 0.770. The van der Waals surface area contributed by atoms with Crippen molar-refractivity contribution in [1.82, 2.24) is 15.2 Å². The number of hydrogen-bond donors (Lipinski definition) is 2. The Labute approximate surface area is 91.8 Å². The van der Waals surface area contributed by atoms with Gasteiger partial charge >= 0.3 is 0 Å². The molecule has 5 heteroatoms. The molecule has 0 saturated carbocycles. The van der Waals surface area contributed by atoms with Crippen LogP contribution in [0.15, 0.2) is 41.8 Å². The van der Waals surface area contributed by atoms with Gasteiger partial charge in [0.2, 0.25) is 0 Å². The number of nitrogens with zero attached hydrogens (tertiary/aromatic N) is 2. The molecular weight excluding hydrogens is 210 g/mol. The molecule has 0 aliphatic carbocycles. The molecule has 0 bridgehead atoms. The Bertz CT molecular complexity index is 390. The van der Waals surface area contributed by atoms with Crippen molar-refractivity contribution in [1.29, 1.82) is 0 Å². The Morgan fingerprint density at radius 2 is 2.13 bits per heavy atom. The third-order valence-electron chi connectivity index (χ3n) is 1.96. The van der Waals surface area contributed by atoms with Crippen LogP contribution in [0.3, 0.4) is 0 Å². The van der Waals surface area contributed by atoms with Crippen LogP contribution in [0.5, 0.6) is 0 Å². The standard InChI is InChI=1S/C10H11N3OS/c14-9(8-4-2-1-3-5-8)6-15-10-11-7-12-13-10/h1-5,7,9,14H,6H2,(H,11,12,13)/t9-/m1/s1. The maximum atomic E-state index is 9.84. The van der Waals surface area contributed by atoms with E-state index >= 15 is 0 Å². The number of aliphatic hydroxyl groups excluding tert-OH is 1. The minimum Gasteiger partial charge on any atom is -0.388 e. The van der Waals surface area contributed by atoms with E-state index in [1.54, 1.807) is 0 Å². The molecule has 0 spiro atoms. The molecule has 2 N–H and O–H groups in total. The summed E-state index contributed by atoms with van der Waals surface area (Å²) in [5.74, 6) is 0.569. The lowest BCUT2D eigenvalue weighted by Gasteiger charge is -2.08. The van der Waals surface area contributed by atoms with Crippen LogP contribution in [0.2, 0.25) is 0 Å². The summed E-state index contributed by atoms with van der Waals surface area (Å²) in [7, 11) is 0. The zero-order valence-corrected chi connectivity index (χ0v) is 8.81. The largest absolute Gasteiger partial charge is 0.388 e. The first-order chi connectivity index (χ1) is 7.36. The summed E-state index contributed by atoms with van der Waals surface area (Å²) in [6, 6.07) is 9.58. The molecule has 15 heavy (non-hydrogen) atoms. The molecule has 2 rings (SSSR count). The molecule has 4 nitrogen and oxygen atoms in total. The van der Waals surface area contributed by atoms with E-state index < -0.39 is 6.10 Å². The van der Waals surface area contributed by atoms with Crippen molar-refractivity contribution < 1.29 is 5.11 Å². The summed E-state index contributed by atoms with van der Waals surface area (Å²) in [6.45, 7) is 0. The van der Waals surface area contributed by atoms with Crippen LogP contribution in [-0.4, -0.2) is 26.0 Å². The van der Waals surface area contributed by atoms with E-state index in [0.717, 1.165) is 10.7 Å². The molecule has 2 aromatic rings. The van der Waals surface area contributed by atoms with Crippen molar-refractivity contribution in [3.8, 4) is 0 Å². The maximum absolute atomic E-state index is 9.84. The van der Waals surface area contributed by atoms with E-state index in [0.29, 0.717) is 5.75 Å². The van der Waals surface area contributed by atoms with E-state index in [1.807, 2.05) is 30.3 Å². The smallest absolute Gasteiger partial charge is 0.183 e. The molecule has 0 aliphatic rings. The van der Waals surface area contributed by atoms with E-state index in [1.165, 1.54) is 18.1 Å². The van der Waals surface area contributed by atoms with Gasteiger partial charge in [0.05, 0.1) is 6.10 Å². The predicted molar refractivity (Wildman–Crippen MR) is 58.5 cm³/mol. The Hall–Kier alpha value is -1.33. The summed E-state index contributed by atoms with van der Waals surface area (Å²) in [5.41, 5.74) is 0.921. The molecule has 0 aliphatic heterocycles. The van der Waals surface area contributed by atoms with E-state index in [4.69, 9.17) is 0 Å². The fourth-order valence-corrected chi connectivity index (χ4v) is 1.94. The van der Waals surface area contributed by atoms with Gasteiger partial charge in [0, 0.05) is 5.75 Å². The average Bonchev–Trinajstić information content (AvgIpc) is 2.80. The molecule has 0 fully saturated rings. The van der Waals surface area contributed by atoms with Gasteiger partial charge in [-0.25, -0.2) is 4.98 Å². The van der Waals surface area contributed by atoms with Crippen molar-refractivity contribution in [2.45, 2.75) is 11.3 Å². The highest BCUT2D eigenvalue weighted by atomic mass is 32.2. The lowest BCUT2D eigenvalue weighted by Crippen LogP contribution is -2.00. The Morgan fingerprint density at radius 1 is 1.33 bits per heavy atom. The number of thioether (sulfide) groups is 1. The van der Waals surface area contributed by atoms with Crippen LogP contribution in [0.4, 0.5) is 0 Å². The number of aromatic amines is 1. The van der Waals surface area contributed by atoms with E-state index in [-0.39, 0.29) is 0 Å². The zero-order valence-electron chi connectivity index (χ0n) is 8.00. The van der Waals surface area contributed by atoms with E-state index in [2.05, 4.69) is 15.2 Å². The van der Waals surface area contributed by atoms with Crippen molar-refractivity contribution in [3.05, 3.63) is 42.2 Å². The molecule has 0 saturated heterocycles. The average molecular weight is 221 g/mol. The summed E-state index contributed by atoms with van der Waals surface area (Å²) in [5, 5.41) is 17.0. The van der Waals surface area contributed by atoms with Gasteiger partial charge in [0.1, 0.15) is 6.33 Å². The zero-order chi connectivity index (χ0) is 10.5. The molecule has 1 aromatic carbocycles. The van der Waals surface area contributed by atoms with E-state index in [9.17, 15) is 5.11 Å². The molecule has 0 unspecified atom stereocenters. The van der Waals surface area contributed by atoms with Crippen LogP contribution in [-0.2, 0) is 0 Å². The first-order valence-corrected chi connectivity index (χ1v) is 5.56. The molecule has 0 radical (unpaired) electrons. The third-order valence-corrected chi connectivity index (χ3v) is 2.91. The van der Waals surface area contributed by atoms with Crippen molar-refractivity contribution >= 4 is 11.8 Å². The summed E-state index contributed by atoms with van der Waals surface area (Å²) >= 11 is 1.45. The maximum Gasteiger partial charge on any atom is 0.183 e. The van der Waals surface area contributed by atoms with Crippen molar-refractivity contribution in [3.63, 3.8) is 0 Å². The number of benzene rings is 1. The number of H-pyrrole nitrogens is 1. The second-order valence-corrected chi connectivity index (χ2v) is 4.04. The van der Waals surface area contributed by atoms with Gasteiger partial charge in [-0.3, -0.25) is 5.10 Å². The topological polar surface area (TPSA) is 61.8 Å². The van der Waals surface area contributed by atoms with Crippen LogP contribution in [0, 0.1) is 0 Å². The fourth-order valence-electron chi connectivity index (χ4n) is 1.19. The second kappa shape index (κ2) is 4.95. The van der Waals surface area contributed by atoms with Gasteiger partial charge < -0.3 is 5.11 Å². The summed E-state index contributed by atoms with van der Waals surface area (Å²) in [4.78, 5) is 3.97. The molecule has 1 aromatic heterocycles. The van der Waals surface area contributed by atoms with Crippen LogP contribution >= 0.6 is 11.8 Å². The van der Waals surface area contributed by atoms with Crippen LogP contribution in [0.1, 0.15) is 11.7 Å². The molecule has 1 heterocycles. The number of hydrogen-bond acceptors (Lipinski definition) is 4. The minimum absolute atomic E-state index is 0.471. The monoisotopic (exact) mass is 221 g/mol. The van der Waals surface area contributed by atoms with Gasteiger partial charge in [-0.1, -0.05) is 42.1 Å². The normalized spacial score (nSPS) is 12.6. The number of aromatic nitrogens is 3.